The Labute approximate surface area is 309 Å². The van der Waals surface area contributed by atoms with Crippen molar-refractivity contribution >= 4 is 64.7 Å². The lowest BCUT2D eigenvalue weighted by Gasteiger charge is -2.25. The first-order valence-corrected chi connectivity index (χ1v) is 17.9. The van der Waals surface area contributed by atoms with E-state index >= 15 is 0 Å². The second kappa shape index (κ2) is 21.8. The third-order valence-electron chi connectivity index (χ3n) is 8.44. The van der Waals surface area contributed by atoms with E-state index in [1.54, 1.807) is 20.8 Å². The molecule has 4 amide bonds. The van der Waals surface area contributed by atoms with Crippen molar-refractivity contribution in [3.63, 3.8) is 0 Å². The number of aliphatic carboxylic acids is 2. The molecule has 1 unspecified atom stereocenters. The highest BCUT2D eigenvalue weighted by Crippen LogP contribution is 2.29. The van der Waals surface area contributed by atoms with E-state index in [2.05, 4.69) is 10.6 Å². The smallest absolute Gasteiger partial charge is 0.307 e. The number of nitrogens with one attached hydrogen (secondary N) is 2. The second-order valence-electron chi connectivity index (χ2n) is 13.9. The molecule has 0 aromatic carbocycles. The number of Topliss-reactive ketones (excluding diaryl/α,β-unsaturated/α-hetero) is 3. The standard InChI is InChI=1S/C33H51N3O16S/c1-16(38)9-17(5-6-25(43)34-13-21(40)28(47)29(48)22(41)14-37)30(49)35-19(11-27(45)46)20(39)10-18(32(51)52)15-53-23-12-26(44)36(31(23)50)8-7-24(42)33(2,3)4/h17-19,21-23,28-29,37,40-41,47-48H,5-15H2,1-4H3,(H,34,43)(H,35,49)(H,45,46)(H,51,52)/t17-,18+,19+,21+,22-,23?,28-,29-/m1/s1. The summed E-state index contributed by atoms with van der Waals surface area (Å²) >= 11 is 0.817. The molecule has 9 N–H and O–H groups in total. The van der Waals surface area contributed by atoms with Gasteiger partial charge in [-0.25, -0.2) is 0 Å². The summed E-state index contributed by atoms with van der Waals surface area (Å²) in [4.78, 5) is 113. The van der Waals surface area contributed by atoms with E-state index in [1.165, 1.54) is 0 Å². The zero-order valence-corrected chi connectivity index (χ0v) is 30.9. The highest BCUT2D eigenvalue weighted by molar-refractivity contribution is 8.00. The van der Waals surface area contributed by atoms with Gasteiger partial charge < -0.3 is 51.2 Å². The summed E-state index contributed by atoms with van der Waals surface area (Å²) in [5, 5.41) is 70.5. The average Bonchev–Trinajstić information content (AvgIpc) is 3.34. The molecule has 0 aromatic heterocycles. The minimum absolute atomic E-state index is 0.0537. The summed E-state index contributed by atoms with van der Waals surface area (Å²) < 4.78 is 0. The fourth-order valence-electron chi connectivity index (χ4n) is 5.12. The molecule has 19 nitrogen and oxygen atoms in total. The van der Waals surface area contributed by atoms with Crippen LogP contribution in [0.2, 0.25) is 0 Å². The van der Waals surface area contributed by atoms with E-state index in [4.69, 9.17) is 5.11 Å². The number of likely N-dealkylation sites (tertiary alicyclic amines) is 1. The van der Waals surface area contributed by atoms with Gasteiger partial charge in [-0.3, -0.25) is 43.3 Å². The normalized spacial score (nSPS) is 18.7. The number of aliphatic hydroxyl groups excluding tert-OH is 5. The van der Waals surface area contributed by atoms with Crippen LogP contribution in [0.5, 0.6) is 0 Å². The van der Waals surface area contributed by atoms with Crippen molar-refractivity contribution in [1.29, 1.82) is 0 Å². The minimum atomic E-state index is -1.95. The molecule has 20 heteroatoms. The van der Waals surface area contributed by atoms with Crippen molar-refractivity contribution in [3.05, 3.63) is 0 Å². The van der Waals surface area contributed by atoms with Gasteiger partial charge in [0.2, 0.25) is 23.6 Å². The van der Waals surface area contributed by atoms with Gasteiger partial charge in [0.25, 0.3) is 0 Å². The molecular weight excluding hydrogens is 726 g/mol. The Bertz CT molecular complexity index is 1370. The number of carbonyl (C=O) groups is 9. The number of hydrogen-bond donors (Lipinski definition) is 9. The highest BCUT2D eigenvalue weighted by atomic mass is 32.2. The van der Waals surface area contributed by atoms with Crippen LogP contribution < -0.4 is 10.6 Å². The first kappa shape index (κ1) is 47.2. The molecule has 0 spiro atoms. The van der Waals surface area contributed by atoms with E-state index in [-0.39, 0.29) is 37.3 Å². The molecule has 1 aliphatic rings. The molecule has 0 radical (unpaired) electrons. The summed E-state index contributed by atoms with van der Waals surface area (Å²) in [6, 6.07) is -1.74. The van der Waals surface area contributed by atoms with Crippen molar-refractivity contribution in [2.24, 2.45) is 17.3 Å². The van der Waals surface area contributed by atoms with Crippen LogP contribution >= 0.6 is 11.8 Å². The lowest BCUT2D eigenvalue weighted by molar-refractivity contribution is -0.144. The van der Waals surface area contributed by atoms with Crippen molar-refractivity contribution in [1.82, 2.24) is 15.5 Å². The molecule has 0 aromatic rings. The SMILES string of the molecule is CC(=O)C[C@@H](CCC(=O)NC[C@H](O)[C@@H](O)[C@H](O)[C@H](O)CO)C(=O)N[C@@H](CC(=O)O)C(=O)C[C@@H](CSC1CC(=O)N(CCC(=O)C(C)(C)C)C1=O)C(=O)O. The number of ketones is 3. The number of carboxylic acids is 2. The van der Waals surface area contributed by atoms with Crippen LogP contribution in [0.25, 0.3) is 0 Å². The van der Waals surface area contributed by atoms with Crippen LogP contribution in [0.4, 0.5) is 0 Å². The number of hydrogen-bond acceptors (Lipinski definition) is 15. The van der Waals surface area contributed by atoms with Crippen LogP contribution in [0.1, 0.15) is 72.6 Å². The van der Waals surface area contributed by atoms with Crippen molar-refractivity contribution < 1.29 is 78.9 Å². The van der Waals surface area contributed by atoms with Gasteiger partial charge in [-0.1, -0.05) is 20.8 Å². The number of carboxylic acid groups (broad SMARTS) is 2. The first-order valence-electron chi connectivity index (χ1n) is 16.9. The van der Waals surface area contributed by atoms with Gasteiger partial charge in [-0.2, -0.15) is 0 Å². The Hall–Kier alpha value is -3.82. The van der Waals surface area contributed by atoms with E-state index in [9.17, 15) is 73.8 Å². The molecule has 300 valence electrons. The molecule has 1 fully saturated rings. The minimum Gasteiger partial charge on any atom is -0.481 e. The Kier molecular flexibility index (Phi) is 19.4. The molecule has 1 heterocycles. The third kappa shape index (κ3) is 16.0. The van der Waals surface area contributed by atoms with E-state index in [0.29, 0.717) is 0 Å². The predicted molar refractivity (Wildman–Crippen MR) is 184 cm³/mol. The maximum atomic E-state index is 13.2. The second-order valence-corrected chi connectivity index (χ2v) is 15.2. The van der Waals surface area contributed by atoms with Crippen LogP contribution in [0.3, 0.4) is 0 Å². The number of nitrogens with zero attached hydrogens (tertiary/aromatic N) is 1. The topological polar surface area (TPSA) is 323 Å². The summed E-state index contributed by atoms with van der Waals surface area (Å²) in [6.45, 7) is 4.58. The van der Waals surface area contributed by atoms with Crippen molar-refractivity contribution in [2.75, 3.05) is 25.4 Å². The molecule has 0 saturated carbocycles. The quantitative estimate of drug-likeness (QED) is 0.0429. The molecule has 1 saturated heterocycles. The van der Waals surface area contributed by atoms with Crippen LogP contribution in [-0.4, -0.2) is 155 Å². The Balaban J connectivity index is 2.90. The largest absolute Gasteiger partial charge is 0.481 e. The average molecular weight is 778 g/mol. The van der Waals surface area contributed by atoms with E-state index in [0.717, 1.165) is 23.6 Å². The molecule has 0 aliphatic carbocycles. The molecule has 53 heavy (non-hydrogen) atoms. The lowest BCUT2D eigenvalue weighted by atomic mass is 9.89. The number of aliphatic hydroxyl groups is 5. The number of imide groups is 1. The van der Waals surface area contributed by atoms with Gasteiger partial charge in [-0.05, 0) is 13.3 Å². The summed E-state index contributed by atoms with van der Waals surface area (Å²) in [7, 11) is 0. The number of thioether (sulfide) groups is 1. The fourth-order valence-corrected chi connectivity index (χ4v) is 6.37. The van der Waals surface area contributed by atoms with Gasteiger partial charge in [-0.15, -0.1) is 11.8 Å². The van der Waals surface area contributed by atoms with Crippen LogP contribution in [-0.2, 0) is 43.2 Å². The van der Waals surface area contributed by atoms with Crippen molar-refractivity contribution in [2.45, 2.75) is 108 Å². The first-order chi connectivity index (χ1) is 24.5. The number of carbonyl (C=O) groups excluding carboxylic acids is 7. The summed E-state index contributed by atoms with van der Waals surface area (Å²) in [5.41, 5.74) is -0.678. The van der Waals surface area contributed by atoms with Gasteiger partial charge >= 0.3 is 11.9 Å². The maximum Gasteiger partial charge on any atom is 0.307 e. The summed E-state index contributed by atoms with van der Waals surface area (Å²) in [6.07, 6.45) is -10.6. The molecule has 1 rings (SSSR count). The molecule has 8 atom stereocenters. The lowest BCUT2D eigenvalue weighted by Crippen LogP contribution is -2.49. The molecule has 1 aliphatic heterocycles. The fraction of sp³-hybridized carbons (Fsp3) is 0.727. The zero-order chi connectivity index (χ0) is 40.8. The van der Waals surface area contributed by atoms with E-state index < -0.39 is 139 Å². The monoisotopic (exact) mass is 777 g/mol. The van der Waals surface area contributed by atoms with Gasteiger partial charge in [0.15, 0.2) is 5.78 Å². The Morgan fingerprint density at radius 1 is 0.887 bits per heavy atom. The zero-order valence-electron chi connectivity index (χ0n) is 30.1. The number of rotatable bonds is 25. The van der Waals surface area contributed by atoms with Crippen molar-refractivity contribution in [3.8, 4) is 0 Å². The Morgan fingerprint density at radius 3 is 2.02 bits per heavy atom. The van der Waals surface area contributed by atoms with Crippen LogP contribution in [0, 0.1) is 17.3 Å². The van der Waals surface area contributed by atoms with E-state index in [1.807, 2.05) is 0 Å². The molecule has 0 bridgehead atoms. The Morgan fingerprint density at radius 2 is 1.49 bits per heavy atom. The van der Waals surface area contributed by atoms with Gasteiger partial charge in [0.1, 0.15) is 29.9 Å². The summed E-state index contributed by atoms with van der Waals surface area (Å²) in [5.74, 6) is -10.6. The van der Waals surface area contributed by atoms with Gasteiger partial charge in [0.05, 0.1) is 36.3 Å². The third-order valence-corrected chi connectivity index (χ3v) is 9.80. The molecular formula is C33H51N3O16S. The van der Waals surface area contributed by atoms with Gasteiger partial charge in [0, 0.05) is 62.3 Å². The predicted octanol–water partition coefficient (Wildman–Crippen LogP) is -2.60. The maximum absolute atomic E-state index is 13.2. The highest BCUT2D eigenvalue weighted by Gasteiger charge is 2.40. The number of amides is 4. The van der Waals surface area contributed by atoms with Crippen LogP contribution in [0.15, 0.2) is 0 Å².